The largest absolute Gasteiger partial charge is 0.456 e. The lowest BCUT2D eigenvalue weighted by Crippen LogP contribution is -1.91. The maximum Gasteiger partial charge on any atom is 0.147 e. The average Bonchev–Trinajstić information content (AvgIpc) is 1.50. The summed E-state index contributed by atoms with van der Waals surface area (Å²) in [4.78, 5) is 0. The van der Waals surface area contributed by atoms with Crippen molar-refractivity contribution in [2.45, 2.75) is 0 Å². The highest BCUT2D eigenvalue weighted by atomic mass is 16.4. The molecule has 0 aliphatic heterocycles. The first kappa shape index (κ1) is 64.5. The lowest BCUT2D eigenvalue weighted by Gasteiger charge is -2.18. The third kappa shape index (κ3) is 10.5. The maximum absolute atomic E-state index is 8.86. The lowest BCUT2D eigenvalue weighted by atomic mass is 9.84. The molecule has 0 amide bonds. The Balaban J connectivity index is 0.000000102. The first-order valence-electron chi connectivity index (χ1n) is 44.3. The Morgan fingerprint density at radius 1 is 0.153 bits per heavy atom. The van der Waals surface area contributed by atoms with Gasteiger partial charge in [-0.3, -0.25) is 0 Å². The number of para-hydroxylation sites is 6. The number of hydrogen-bond acceptors (Lipinski definition) is 6. The van der Waals surface area contributed by atoms with E-state index in [1.54, 1.807) is 0 Å². The van der Waals surface area contributed by atoms with Gasteiger partial charge in [0.05, 0.1) is 17.6 Å². The Labute approximate surface area is 715 Å². The molecule has 28 aromatic rings. The summed E-state index contributed by atoms with van der Waals surface area (Å²) in [5.74, 6) is 0. The first-order valence-corrected chi connectivity index (χ1v) is 41.8. The van der Waals surface area contributed by atoms with Crippen LogP contribution in [0.1, 0.15) is 6.85 Å². The molecule has 0 aliphatic carbocycles. The Morgan fingerprint density at radius 2 is 0.452 bits per heavy atom. The van der Waals surface area contributed by atoms with Crippen molar-refractivity contribution >= 4 is 207 Å². The van der Waals surface area contributed by atoms with Gasteiger partial charge in [0.2, 0.25) is 0 Å². The molecule has 0 aliphatic rings. The van der Waals surface area contributed by atoms with Crippen LogP contribution in [-0.2, 0) is 0 Å². The van der Waals surface area contributed by atoms with Crippen LogP contribution in [0.5, 0.6) is 0 Å². The number of fused-ring (bicyclic) bond motifs is 27. The minimum absolute atomic E-state index is 0.187. The monoisotopic (exact) mass is 1590 g/mol. The second-order valence-corrected chi connectivity index (χ2v) is 32.0. The third-order valence-corrected chi connectivity index (χ3v) is 25.4. The van der Waals surface area contributed by atoms with Gasteiger partial charge in [0.25, 0.3) is 0 Å². The van der Waals surface area contributed by atoms with Crippen molar-refractivity contribution in [1.82, 2.24) is 0 Å². The quantitative estimate of drug-likeness (QED) is 0.154. The molecule has 6 heterocycles. The summed E-state index contributed by atoms with van der Waals surface area (Å²) in [5, 5.41) is 28.0. The maximum atomic E-state index is 8.86. The highest BCUT2D eigenvalue weighted by Crippen LogP contribution is 2.56. The Morgan fingerprint density at radius 3 is 0.879 bits per heavy atom. The molecule has 0 bridgehead atoms. The van der Waals surface area contributed by atoms with Crippen molar-refractivity contribution in [2.24, 2.45) is 0 Å². The molecule has 28 rings (SSSR count). The van der Waals surface area contributed by atoms with Crippen LogP contribution in [-0.4, -0.2) is 0 Å². The summed E-state index contributed by atoms with van der Waals surface area (Å²) in [7, 11) is 0. The molecular weight excluding hydrogens is 1510 g/mol. The van der Waals surface area contributed by atoms with Gasteiger partial charge in [-0.15, -0.1) is 0 Å². The van der Waals surface area contributed by atoms with E-state index in [1.165, 1.54) is 87.2 Å². The fourth-order valence-corrected chi connectivity index (χ4v) is 20.3. The smallest absolute Gasteiger partial charge is 0.147 e. The van der Waals surface area contributed by atoms with Gasteiger partial charge in [-0.05, 0) is 192 Å². The van der Waals surface area contributed by atoms with E-state index in [0.717, 1.165) is 170 Å². The van der Waals surface area contributed by atoms with Crippen LogP contribution >= 0.6 is 0 Å². The van der Waals surface area contributed by atoms with Gasteiger partial charge in [0, 0.05) is 65.0 Å². The molecule has 0 radical (unpaired) electrons. The van der Waals surface area contributed by atoms with E-state index in [0.29, 0.717) is 11.1 Å². The average molecular weight is 1590 g/mol. The van der Waals surface area contributed by atoms with E-state index in [4.69, 9.17) is 33.4 Å². The number of benzene rings is 22. The molecule has 0 N–H and O–H groups in total. The molecule has 124 heavy (non-hydrogen) atoms. The summed E-state index contributed by atoms with van der Waals surface area (Å²) < 4.78 is 82.3. The van der Waals surface area contributed by atoms with Crippen LogP contribution in [0.3, 0.4) is 0 Å². The Bertz CT molecular complexity index is 9480. The molecule has 6 heteroatoms. The van der Waals surface area contributed by atoms with E-state index < -0.39 is 6.04 Å². The van der Waals surface area contributed by atoms with Gasteiger partial charge < -0.3 is 26.5 Å². The zero-order valence-electron chi connectivity index (χ0n) is 71.3. The SMILES string of the molecule is [2H]c1c([2H])c([2H])c(-c2c3ccccc3c(-c3cc4oc5ccccc5c4c4oc5ccccc5c34)c3ccccc23)c([2H])c1[2H].c1ccc(-c2c3ccccc3c(-c3c4oc5ccccc5c4cc4oc5ccccc5c34)c3ccccc23)cc1.c1ccc2cc(-c3c4ccccc4c(-c4cc5oc6ccccc6c5c5oc6ccccc6c45)c4ccccc34)ccc2c1. The van der Waals surface area contributed by atoms with Crippen LogP contribution in [0.4, 0.5) is 0 Å². The van der Waals surface area contributed by atoms with Crippen LogP contribution in [0, 0.1) is 0 Å². The van der Waals surface area contributed by atoms with Gasteiger partial charge in [-0.1, -0.05) is 352 Å². The van der Waals surface area contributed by atoms with E-state index in [1.807, 2.05) is 133 Å². The van der Waals surface area contributed by atoms with Crippen LogP contribution < -0.4 is 0 Å². The van der Waals surface area contributed by atoms with Crippen molar-refractivity contribution in [1.29, 1.82) is 0 Å². The summed E-state index contributed by atoms with van der Waals surface area (Å²) in [6, 6.07) is 131. The van der Waals surface area contributed by atoms with Crippen molar-refractivity contribution in [3.05, 3.63) is 412 Å². The van der Waals surface area contributed by atoms with Crippen LogP contribution in [0.2, 0.25) is 0 Å². The molecule has 0 saturated carbocycles. The fraction of sp³-hybridized carbons (Fsp3) is 0. The number of hydrogen-bond donors (Lipinski definition) is 0. The normalized spacial score (nSPS) is 12.6. The standard InChI is InChI=1S/C42H24O2.2C38H22O2/c1-2-12-26-23-27(22-21-25(26)11-1)38-28-13-3-5-15-30(28)39(31-16-6-4-14-29(31)38)34-24-37-41(33-18-8-9-19-35(33)43-37)42-40(34)32-17-7-10-20-36(32)44-42;1-2-12-23(13-3-1)34-24-14-4-6-16-26(24)35(27-17-7-5-15-25(27)34)30-22-33-37(29-19-9-10-20-31(29)39-33)38-36(30)28-18-8-11-21-32(28)40-38;1-2-12-23(13-3-1)34-25-15-4-6-17-27(25)35(28-18-7-5-16-26(28)34)37-36-29-19-9-11-21-32(29)39-33(36)22-30-24-14-8-10-20-31(24)40-38(30)37/h1-24H;2*1-22H/i;1D,2D,3D,12D,13D;. The zero-order chi connectivity index (χ0) is 85.5. The summed E-state index contributed by atoms with van der Waals surface area (Å²) in [6.07, 6.45) is 0. The molecule has 0 spiro atoms. The van der Waals surface area contributed by atoms with Crippen LogP contribution in [0.25, 0.3) is 274 Å². The van der Waals surface area contributed by atoms with Crippen LogP contribution in [0.15, 0.2) is 439 Å². The molecule has 22 aromatic carbocycles. The molecule has 576 valence electrons. The van der Waals surface area contributed by atoms with E-state index in [-0.39, 0.29) is 29.7 Å². The minimum Gasteiger partial charge on any atom is -0.456 e. The molecular formula is C118H68O6. The van der Waals surface area contributed by atoms with E-state index in [9.17, 15) is 0 Å². The predicted octanol–water partition coefficient (Wildman–Crippen LogP) is 34.5. The van der Waals surface area contributed by atoms with Crippen molar-refractivity contribution < 1.29 is 33.4 Å². The summed E-state index contributed by atoms with van der Waals surface area (Å²) in [6.45, 7) is 0. The molecule has 6 nitrogen and oxygen atoms in total. The van der Waals surface area contributed by atoms with Gasteiger partial charge in [0.15, 0.2) is 0 Å². The number of furan rings is 6. The zero-order valence-corrected chi connectivity index (χ0v) is 66.3. The van der Waals surface area contributed by atoms with E-state index in [2.05, 4.69) is 249 Å². The highest BCUT2D eigenvalue weighted by Gasteiger charge is 2.30. The second-order valence-electron chi connectivity index (χ2n) is 32.0. The topological polar surface area (TPSA) is 78.8 Å². The predicted molar refractivity (Wildman–Crippen MR) is 518 cm³/mol. The summed E-state index contributed by atoms with van der Waals surface area (Å²) in [5.41, 5.74) is 22.2. The Hall–Kier alpha value is -16.5. The second kappa shape index (κ2) is 27.5. The fourth-order valence-electron chi connectivity index (χ4n) is 20.3. The first-order chi connectivity index (χ1) is 63.6. The van der Waals surface area contributed by atoms with Gasteiger partial charge >= 0.3 is 0 Å². The lowest BCUT2D eigenvalue weighted by molar-refractivity contribution is 0.662. The van der Waals surface area contributed by atoms with E-state index >= 15 is 0 Å². The van der Waals surface area contributed by atoms with Gasteiger partial charge in [0.1, 0.15) is 67.0 Å². The highest BCUT2D eigenvalue weighted by molar-refractivity contribution is 6.35. The van der Waals surface area contributed by atoms with Gasteiger partial charge in [-0.25, -0.2) is 0 Å². The number of rotatable bonds is 6. The van der Waals surface area contributed by atoms with Crippen molar-refractivity contribution in [3.8, 4) is 66.8 Å². The molecule has 0 unspecified atom stereocenters. The minimum atomic E-state index is -0.410. The summed E-state index contributed by atoms with van der Waals surface area (Å²) >= 11 is 0. The molecule has 0 atom stereocenters. The third-order valence-electron chi connectivity index (χ3n) is 25.4. The Kier molecular flexibility index (Phi) is 14.3. The molecule has 0 fully saturated rings. The van der Waals surface area contributed by atoms with Crippen molar-refractivity contribution in [3.63, 3.8) is 0 Å². The van der Waals surface area contributed by atoms with Gasteiger partial charge in [-0.2, -0.15) is 0 Å². The molecule has 6 aromatic heterocycles. The van der Waals surface area contributed by atoms with Crippen molar-refractivity contribution in [2.75, 3.05) is 0 Å². The molecule has 0 saturated heterocycles.